The zero-order valence-corrected chi connectivity index (χ0v) is 18.7. The van der Waals surface area contributed by atoms with Crippen LogP contribution in [0, 0.1) is 12.8 Å². The number of fused-ring (bicyclic) bond motifs is 1. The summed E-state index contributed by atoms with van der Waals surface area (Å²) in [5.74, 6) is -1.78. The minimum absolute atomic E-state index is 0.144. The van der Waals surface area contributed by atoms with Crippen molar-refractivity contribution in [3.63, 3.8) is 0 Å². The fourth-order valence-electron chi connectivity index (χ4n) is 3.23. The van der Waals surface area contributed by atoms with Crippen LogP contribution in [0.25, 0.3) is 11.0 Å². The van der Waals surface area contributed by atoms with Gasteiger partial charge < -0.3 is 29.6 Å². The van der Waals surface area contributed by atoms with E-state index in [9.17, 15) is 24.3 Å². The number of hydrogen-bond donors (Lipinski definition) is 3. The number of carbonyl (C=O) groups is 3. The van der Waals surface area contributed by atoms with Crippen LogP contribution in [0.2, 0.25) is 0 Å². The maximum Gasteiger partial charge on any atom is 0.340 e. The topological polar surface area (TPSA) is 144 Å². The Balaban J connectivity index is 2.14. The maximum atomic E-state index is 12.4. The second-order valence-corrected chi connectivity index (χ2v) is 7.42. The molecular formula is C22H28N2O8. The van der Waals surface area contributed by atoms with Crippen molar-refractivity contribution < 1.29 is 33.4 Å². The summed E-state index contributed by atoms with van der Waals surface area (Å²) in [7, 11) is 2.94. The van der Waals surface area contributed by atoms with Gasteiger partial charge in [-0.15, -0.1) is 0 Å². The summed E-state index contributed by atoms with van der Waals surface area (Å²) in [6, 6.07) is 2.14. The lowest BCUT2D eigenvalue weighted by atomic mass is 9.99. The van der Waals surface area contributed by atoms with Gasteiger partial charge in [-0.25, -0.2) is 9.59 Å². The zero-order chi connectivity index (χ0) is 24.0. The number of carboxylic acids is 1. The number of nitrogens with one attached hydrogen (secondary N) is 2. The van der Waals surface area contributed by atoms with Gasteiger partial charge in [0.25, 0.3) is 0 Å². The van der Waals surface area contributed by atoms with Crippen LogP contribution in [0.15, 0.2) is 21.3 Å². The van der Waals surface area contributed by atoms with E-state index < -0.39 is 36.0 Å². The second-order valence-electron chi connectivity index (χ2n) is 7.42. The van der Waals surface area contributed by atoms with Gasteiger partial charge >= 0.3 is 11.6 Å². The van der Waals surface area contributed by atoms with Gasteiger partial charge in [0.1, 0.15) is 11.6 Å². The lowest BCUT2D eigenvalue weighted by molar-refractivity contribution is -0.143. The average Bonchev–Trinajstić information content (AvgIpc) is 2.77. The number of carboxylic acid groups (broad SMARTS) is 1. The van der Waals surface area contributed by atoms with Crippen molar-refractivity contribution in [3.05, 3.63) is 33.7 Å². The quantitative estimate of drug-likeness (QED) is 0.463. The van der Waals surface area contributed by atoms with Gasteiger partial charge in [-0.05, 0) is 24.5 Å². The normalized spacial score (nSPS) is 12.7. The first-order valence-corrected chi connectivity index (χ1v) is 10.1. The lowest BCUT2D eigenvalue weighted by Gasteiger charge is -2.20. The van der Waals surface area contributed by atoms with Crippen molar-refractivity contribution >= 4 is 28.8 Å². The Morgan fingerprint density at radius 2 is 1.75 bits per heavy atom. The monoisotopic (exact) mass is 448 g/mol. The Bertz CT molecular complexity index is 1080. The number of ether oxygens (including phenoxy) is 2. The molecule has 2 amide bonds. The van der Waals surface area contributed by atoms with Crippen LogP contribution in [0.3, 0.4) is 0 Å². The van der Waals surface area contributed by atoms with E-state index in [1.54, 1.807) is 19.9 Å². The Morgan fingerprint density at radius 3 is 2.31 bits per heavy atom. The smallest absolute Gasteiger partial charge is 0.340 e. The highest BCUT2D eigenvalue weighted by atomic mass is 16.5. The number of carbonyl (C=O) groups excluding carboxylic acids is 2. The molecule has 0 saturated heterocycles. The molecule has 1 aromatic carbocycles. The maximum absolute atomic E-state index is 12.4. The molecular weight excluding hydrogens is 420 g/mol. The van der Waals surface area contributed by atoms with Crippen molar-refractivity contribution in [1.29, 1.82) is 0 Å². The zero-order valence-electron chi connectivity index (χ0n) is 18.7. The number of amides is 2. The predicted molar refractivity (Wildman–Crippen MR) is 116 cm³/mol. The van der Waals surface area contributed by atoms with Gasteiger partial charge in [-0.3, -0.25) is 9.59 Å². The first kappa shape index (κ1) is 24.7. The second kappa shape index (κ2) is 10.7. The Kier molecular flexibility index (Phi) is 8.22. The summed E-state index contributed by atoms with van der Waals surface area (Å²) in [5.41, 5.74) is 0.299. The van der Waals surface area contributed by atoms with Crippen LogP contribution >= 0.6 is 0 Å². The summed E-state index contributed by atoms with van der Waals surface area (Å²) >= 11 is 0. The van der Waals surface area contributed by atoms with Gasteiger partial charge in [0.2, 0.25) is 11.8 Å². The van der Waals surface area contributed by atoms with Crippen LogP contribution in [0.4, 0.5) is 0 Å². The van der Waals surface area contributed by atoms with Crippen molar-refractivity contribution in [3.8, 4) is 11.5 Å². The molecule has 32 heavy (non-hydrogen) atoms. The molecule has 1 heterocycles. The van der Waals surface area contributed by atoms with Gasteiger partial charge in [0, 0.05) is 11.5 Å². The molecule has 10 heteroatoms. The molecule has 2 rings (SSSR count). The predicted octanol–water partition coefficient (Wildman–Crippen LogP) is 1.39. The van der Waals surface area contributed by atoms with Crippen LogP contribution in [-0.4, -0.2) is 49.7 Å². The van der Waals surface area contributed by atoms with E-state index in [-0.39, 0.29) is 17.9 Å². The van der Waals surface area contributed by atoms with Crippen molar-refractivity contribution in [2.75, 3.05) is 20.8 Å². The molecule has 0 fully saturated rings. The van der Waals surface area contributed by atoms with E-state index in [2.05, 4.69) is 10.6 Å². The molecule has 174 valence electrons. The summed E-state index contributed by atoms with van der Waals surface area (Å²) < 4.78 is 15.8. The van der Waals surface area contributed by atoms with E-state index in [0.717, 1.165) is 0 Å². The van der Waals surface area contributed by atoms with Crippen molar-refractivity contribution in [2.45, 2.75) is 39.7 Å². The minimum atomic E-state index is -1.14. The Labute approximate surface area is 184 Å². The van der Waals surface area contributed by atoms with Crippen LogP contribution in [-0.2, 0) is 20.8 Å². The summed E-state index contributed by atoms with van der Waals surface area (Å²) in [5, 5.41) is 14.6. The van der Waals surface area contributed by atoms with Crippen molar-refractivity contribution in [2.24, 2.45) is 5.92 Å². The van der Waals surface area contributed by atoms with Gasteiger partial charge in [-0.2, -0.15) is 0 Å². The molecule has 0 bridgehead atoms. The highest BCUT2D eigenvalue weighted by Gasteiger charge is 2.25. The van der Waals surface area contributed by atoms with Crippen LogP contribution in [0.1, 0.15) is 31.4 Å². The van der Waals surface area contributed by atoms with Gasteiger partial charge in [0.15, 0.2) is 11.5 Å². The third-order valence-corrected chi connectivity index (χ3v) is 5.37. The first-order chi connectivity index (χ1) is 15.1. The molecule has 0 aliphatic rings. The molecule has 0 spiro atoms. The number of aliphatic carboxylic acids is 1. The lowest BCUT2D eigenvalue weighted by Crippen LogP contribution is -2.48. The molecule has 0 saturated carbocycles. The largest absolute Gasteiger partial charge is 0.493 e. The van der Waals surface area contributed by atoms with E-state index in [0.29, 0.717) is 34.5 Å². The summed E-state index contributed by atoms with van der Waals surface area (Å²) in [6.45, 7) is 4.80. The minimum Gasteiger partial charge on any atom is -0.493 e. The SMILES string of the molecule is CC[C@H](C)[C@@H](NC(=O)CNC(=O)Cc1c(C)c2cc(OC)c(OC)cc2oc1=O)C(=O)O. The van der Waals surface area contributed by atoms with E-state index in [4.69, 9.17) is 13.9 Å². The fraction of sp³-hybridized carbons (Fsp3) is 0.455. The summed E-state index contributed by atoms with van der Waals surface area (Å²) in [4.78, 5) is 48.2. The molecule has 2 aromatic rings. The molecule has 10 nitrogen and oxygen atoms in total. The molecule has 2 atom stereocenters. The Morgan fingerprint density at radius 1 is 1.12 bits per heavy atom. The van der Waals surface area contributed by atoms with Gasteiger partial charge in [0.05, 0.1) is 32.7 Å². The van der Waals surface area contributed by atoms with Crippen LogP contribution in [0.5, 0.6) is 11.5 Å². The van der Waals surface area contributed by atoms with Crippen molar-refractivity contribution in [1.82, 2.24) is 10.6 Å². The van der Waals surface area contributed by atoms with E-state index >= 15 is 0 Å². The molecule has 1 aromatic heterocycles. The number of benzene rings is 1. The first-order valence-electron chi connectivity index (χ1n) is 10.1. The average molecular weight is 448 g/mol. The number of methoxy groups -OCH3 is 2. The van der Waals surface area contributed by atoms with E-state index in [1.165, 1.54) is 20.3 Å². The van der Waals surface area contributed by atoms with Crippen LogP contribution < -0.4 is 25.7 Å². The molecule has 3 N–H and O–H groups in total. The third-order valence-electron chi connectivity index (χ3n) is 5.37. The number of aryl methyl sites for hydroxylation is 1. The number of hydrogen-bond acceptors (Lipinski definition) is 7. The molecule has 0 aliphatic heterocycles. The molecule has 0 radical (unpaired) electrons. The fourth-order valence-corrected chi connectivity index (χ4v) is 3.23. The Hall–Kier alpha value is -3.56. The summed E-state index contributed by atoms with van der Waals surface area (Å²) in [6.07, 6.45) is 0.261. The highest BCUT2D eigenvalue weighted by molar-refractivity contribution is 5.90. The standard InChI is InChI=1S/C22H28N2O8/c1-6-11(2)20(21(27)28)24-19(26)10-23-18(25)8-14-12(3)13-7-16(30-4)17(31-5)9-15(13)32-22(14)29/h7,9,11,20H,6,8,10H2,1-5H3,(H,23,25)(H,24,26)(H,27,28)/t11-,20+/m0/s1. The molecule has 0 unspecified atom stereocenters. The van der Waals surface area contributed by atoms with Gasteiger partial charge in [-0.1, -0.05) is 20.3 Å². The highest BCUT2D eigenvalue weighted by Crippen LogP contribution is 2.33. The number of rotatable bonds is 10. The van der Waals surface area contributed by atoms with E-state index in [1.807, 2.05) is 6.92 Å². The molecule has 0 aliphatic carbocycles. The third kappa shape index (κ3) is 5.57.